The van der Waals surface area contributed by atoms with Gasteiger partial charge < -0.3 is 14.2 Å². The summed E-state index contributed by atoms with van der Waals surface area (Å²) < 4.78 is 17.5. The monoisotopic (exact) mass is 509 g/mol. The Labute approximate surface area is 181 Å². The molecule has 7 heteroatoms. The molecule has 0 amide bonds. The third kappa shape index (κ3) is 4.56. The second-order valence-electron chi connectivity index (χ2n) is 5.68. The molecule has 1 aliphatic heterocycles. The fourth-order valence-corrected chi connectivity index (χ4v) is 3.53. The average Bonchev–Trinajstić information content (AvgIpc) is 3.02. The van der Waals surface area contributed by atoms with Gasteiger partial charge in [0.25, 0.3) is 0 Å². The van der Waals surface area contributed by atoms with Crippen molar-refractivity contribution in [2.24, 2.45) is 4.99 Å². The molecular formula is C21H17ClINO4. The summed E-state index contributed by atoms with van der Waals surface area (Å²) in [6, 6.07) is 10.7. The van der Waals surface area contributed by atoms with Gasteiger partial charge in [0.1, 0.15) is 6.61 Å². The maximum atomic E-state index is 12.3. The lowest BCUT2D eigenvalue weighted by molar-refractivity contribution is -0.129. The predicted molar refractivity (Wildman–Crippen MR) is 118 cm³/mol. The van der Waals surface area contributed by atoms with E-state index in [9.17, 15) is 4.79 Å². The summed E-state index contributed by atoms with van der Waals surface area (Å²) in [5.41, 5.74) is 1.50. The smallest absolute Gasteiger partial charge is 0.363 e. The lowest BCUT2D eigenvalue weighted by Gasteiger charge is -2.13. The Hall–Kier alpha value is -2.32. The zero-order valence-electron chi connectivity index (χ0n) is 15.1. The fourth-order valence-electron chi connectivity index (χ4n) is 2.53. The van der Waals surface area contributed by atoms with Crippen molar-refractivity contribution >= 4 is 52.1 Å². The summed E-state index contributed by atoms with van der Waals surface area (Å²) in [6.45, 7) is 6.41. The van der Waals surface area contributed by atoms with Crippen molar-refractivity contribution in [3.05, 3.63) is 74.5 Å². The van der Waals surface area contributed by atoms with Crippen molar-refractivity contribution in [2.45, 2.75) is 6.92 Å². The van der Waals surface area contributed by atoms with E-state index in [0.717, 1.165) is 9.13 Å². The second-order valence-corrected chi connectivity index (χ2v) is 7.25. The molecule has 3 rings (SSSR count). The van der Waals surface area contributed by atoms with Gasteiger partial charge in [-0.1, -0.05) is 36.4 Å². The molecule has 0 spiro atoms. The maximum Gasteiger partial charge on any atom is 0.363 e. The van der Waals surface area contributed by atoms with Crippen molar-refractivity contribution < 1.29 is 19.0 Å². The highest BCUT2D eigenvalue weighted by Crippen LogP contribution is 2.35. The Kier molecular flexibility index (Phi) is 6.74. The molecule has 0 saturated heterocycles. The number of hydrogen-bond acceptors (Lipinski definition) is 5. The molecule has 0 bridgehead atoms. The zero-order chi connectivity index (χ0) is 20.1. The van der Waals surface area contributed by atoms with E-state index in [4.69, 9.17) is 25.8 Å². The number of hydrogen-bond donors (Lipinski definition) is 0. The summed E-state index contributed by atoms with van der Waals surface area (Å²) in [5, 5.41) is 0.465. The van der Waals surface area contributed by atoms with Crippen molar-refractivity contribution in [1.29, 1.82) is 0 Å². The zero-order valence-corrected chi connectivity index (χ0v) is 18.0. The molecule has 144 valence electrons. The molecule has 0 atom stereocenters. The van der Waals surface area contributed by atoms with Crippen LogP contribution in [-0.4, -0.2) is 25.1 Å². The number of rotatable bonds is 7. The van der Waals surface area contributed by atoms with Crippen LogP contribution in [0.1, 0.15) is 18.1 Å². The molecule has 1 aliphatic rings. The first kappa shape index (κ1) is 20.4. The van der Waals surface area contributed by atoms with E-state index in [1.807, 2.05) is 13.0 Å². The third-order valence-corrected chi connectivity index (χ3v) is 4.84. The minimum Gasteiger partial charge on any atom is -0.490 e. The van der Waals surface area contributed by atoms with E-state index in [0.29, 0.717) is 35.3 Å². The van der Waals surface area contributed by atoms with Gasteiger partial charge in [0.2, 0.25) is 5.90 Å². The summed E-state index contributed by atoms with van der Waals surface area (Å²) in [6.07, 6.45) is 3.31. The standard InChI is InChI=1S/C21H17ClINO4/c1-3-9-27-19-16(23)10-13(12-18(19)26-4-2)11-17-21(25)28-20(24-17)14-7-5-6-8-15(14)22/h3,5-8,10-12H,1,4,9H2,2H3/b17-11-. The van der Waals surface area contributed by atoms with Crippen molar-refractivity contribution in [1.82, 2.24) is 0 Å². The van der Waals surface area contributed by atoms with E-state index >= 15 is 0 Å². The third-order valence-electron chi connectivity index (χ3n) is 3.71. The predicted octanol–water partition coefficient (Wildman–Crippen LogP) is 5.25. The summed E-state index contributed by atoms with van der Waals surface area (Å²) >= 11 is 8.33. The molecular weight excluding hydrogens is 493 g/mol. The van der Waals surface area contributed by atoms with E-state index in [2.05, 4.69) is 34.2 Å². The minimum atomic E-state index is -0.533. The van der Waals surface area contributed by atoms with Gasteiger partial charge in [-0.3, -0.25) is 0 Å². The highest BCUT2D eigenvalue weighted by atomic mass is 127. The Balaban J connectivity index is 1.97. The number of nitrogens with zero attached hydrogens (tertiary/aromatic N) is 1. The highest BCUT2D eigenvalue weighted by molar-refractivity contribution is 14.1. The van der Waals surface area contributed by atoms with Crippen molar-refractivity contribution in [2.75, 3.05) is 13.2 Å². The number of ether oxygens (including phenoxy) is 3. The van der Waals surface area contributed by atoms with Gasteiger partial charge in [0.15, 0.2) is 17.2 Å². The van der Waals surface area contributed by atoms with Crippen LogP contribution in [0.5, 0.6) is 11.5 Å². The fraction of sp³-hybridized carbons (Fsp3) is 0.143. The van der Waals surface area contributed by atoms with Gasteiger partial charge in [0, 0.05) is 0 Å². The first-order chi connectivity index (χ1) is 13.5. The van der Waals surface area contributed by atoms with Crippen LogP contribution in [0.15, 0.2) is 59.7 Å². The number of carbonyl (C=O) groups is 1. The molecule has 0 unspecified atom stereocenters. The summed E-state index contributed by atoms with van der Waals surface area (Å²) in [5.74, 6) is 0.880. The molecule has 0 aromatic heterocycles. The highest BCUT2D eigenvalue weighted by Gasteiger charge is 2.25. The van der Waals surface area contributed by atoms with Crippen LogP contribution in [0.25, 0.3) is 6.08 Å². The molecule has 2 aromatic carbocycles. The van der Waals surface area contributed by atoms with Crippen LogP contribution < -0.4 is 9.47 Å². The van der Waals surface area contributed by atoms with E-state index < -0.39 is 5.97 Å². The molecule has 0 fully saturated rings. The number of halogens is 2. The minimum absolute atomic E-state index is 0.188. The molecule has 0 saturated carbocycles. The van der Waals surface area contributed by atoms with Crippen LogP contribution in [0, 0.1) is 3.57 Å². The van der Waals surface area contributed by atoms with Gasteiger partial charge in [-0.05, 0) is 65.4 Å². The topological polar surface area (TPSA) is 57.1 Å². The summed E-state index contributed by atoms with van der Waals surface area (Å²) in [7, 11) is 0. The largest absolute Gasteiger partial charge is 0.490 e. The van der Waals surface area contributed by atoms with Crippen LogP contribution >= 0.6 is 34.2 Å². The number of benzene rings is 2. The molecule has 28 heavy (non-hydrogen) atoms. The van der Waals surface area contributed by atoms with E-state index in [-0.39, 0.29) is 11.6 Å². The van der Waals surface area contributed by atoms with Gasteiger partial charge in [-0.2, -0.15) is 0 Å². The quantitative estimate of drug-likeness (QED) is 0.221. The number of aliphatic imine (C=N–C) groups is 1. The Morgan fingerprint density at radius 1 is 1.29 bits per heavy atom. The summed E-state index contributed by atoms with van der Waals surface area (Å²) in [4.78, 5) is 16.6. The van der Waals surface area contributed by atoms with Crippen LogP contribution in [0.2, 0.25) is 5.02 Å². The van der Waals surface area contributed by atoms with Crippen LogP contribution in [0.4, 0.5) is 0 Å². The normalized spacial score (nSPS) is 14.6. The molecule has 0 radical (unpaired) electrons. The Morgan fingerprint density at radius 3 is 2.79 bits per heavy atom. The van der Waals surface area contributed by atoms with Crippen LogP contribution in [0.3, 0.4) is 0 Å². The molecule has 5 nitrogen and oxygen atoms in total. The number of carbonyl (C=O) groups excluding carboxylic acids is 1. The maximum absolute atomic E-state index is 12.3. The van der Waals surface area contributed by atoms with E-state index in [1.54, 1.807) is 42.5 Å². The molecule has 0 N–H and O–H groups in total. The first-order valence-corrected chi connectivity index (χ1v) is 9.96. The van der Waals surface area contributed by atoms with Gasteiger partial charge in [0.05, 0.1) is 20.8 Å². The Morgan fingerprint density at radius 2 is 2.07 bits per heavy atom. The van der Waals surface area contributed by atoms with Crippen LogP contribution in [-0.2, 0) is 9.53 Å². The second kappa shape index (κ2) is 9.25. The van der Waals surface area contributed by atoms with Crippen molar-refractivity contribution in [3.63, 3.8) is 0 Å². The van der Waals surface area contributed by atoms with Gasteiger partial charge >= 0.3 is 5.97 Å². The molecule has 0 aliphatic carbocycles. The van der Waals surface area contributed by atoms with Crippen molar-refractivity contribution in [3.8, 4) is 11.5 Å². The molecule has 1 heterocycles. The molecule has 2 aromatic rings. The number of esters is 1. The lowest BCUT2D eigenvalue weighted by atomic mass is 10.1. The SMILES string of the molecule is C=CCOc1c(I)cc(/C=C2\N=C(c3ccccc3Cl)OC2=O)cc1OCC. The lowest BCUT2D eigenvalue weighted by Crippen LogP contribution is -2.05. The number of cyclic esters (lactones) is 1. The van der Waals surface area contributed by atoms with Gasteiger partial charge in [-0.25, -0.2) is 9.79 Å². The Bertz CT molecular complexity index is 984. The van der Waals surface area contributed by atoms with Gasteiger partial charge in [-0.15, -0.1) is 0 Å². The average molecular weight is 510 g/mol. The van der Waals surface area contributed by atoms with E-state index in [1.165, 1.54) is 0 Å². The first-order valence-electron chi connectivity index (χ1n) is 8.51.